The summed E-state index contributed by atoms with van der Waals surface area (Å²) in [5, 5.41) is 3.03. The Bertz CT molecular complexity index is 663. The summed E-state index contributed by atoms with van der Waals surface area (Å²) in [6.07, 6.45) is -3.48. The predicted octanol–water partition coefficient (Wildman–Crippen LogP) is 2.15. The summed E-state index contributed by atoms with van der Waals surface area (Å²) in [5.74, 6) is 0. The summed E-state index contributed by atoms with van der Waals surface area (Å²) >= 11 is 0. The normalized spacial score (nSPS) is 13.7. The topological polar surface area (TPSA) is 46.9 Å². The molecule has 0 fully saturated rings. The van der Waals surface area contributed by atoms with Crippen molar-refractivity contribution < 1.29 is 13.2 Å². The smallest absolute Gasteiger partial charge is 0.300 e. The first-order valence-electron chi connectivity index (χ1n) is 5.60. The lowest BCUT2D eigenvalue weighted by Crippen LogP contribution is -2.30. The van der Waals surface area contributed by atoms with Crippen molar-refractivity contribution >= 4 is 10.9 Å². The van der Waals surface area contributed by atoms with Crippen molar-refractivity contribution in [2.45, 2.75) is 19.3 Å². The molecule has 0 aliphatic carbocycles. The third-order valence-electron chi connectivity index (χ3n) is 2.95. The number of alkyl halides is 3. The summed E-state index contributed by atoms with van der Waals surface area (Å²) in [4.78, 5) is 16.0. The van der Waals surface area contributed by atoms with Gasteiger partial charge in [0, 0.05) is 0 Å². The van der Waals surface area contributed by atoms with Crippen LogP contribution in [0.3, 0.4) is 0 Å². The number of rotatable bonds is 2. The monoisotopic (exact) mass is 271 g/mol. The van der Waals surface area contributed by atoms with Crippen molar-refractivity contribution in [1.82, 2.24) is 14.9 Å². The largest absolute Gasteiger partial charge is 0.416 e. The third kappa shape index (κ3) is 2.46. The van der Waals surface area contributed by atoms with Crippen LogP contribution in [0.5, 0.6) is 0 Å². The standard InChI is InChI=1S/C12H12F3N3O/c1-7(16-2)18-6-17-10-5-8(12(13,14)15)3-4-9(10)11(18)19/h3-7,16H,1-2H3. The maximum atomic E-state index is 12.6. The average molecular weight is 271 g/mol. The first kappa shape index (κ1) is 13.5. The molecule has 1 aromatic heterocycles. The molecule has 1 unspecified atom stereocenters. The van der Waals surface area contributed by atoms with E-state index in [0.29, 0.717) is 0 Å². The number of nitrogens with one attached hydrogen (secondary N) is 1. The Balaban J connectivity index is 2.64. The van der Waals surface area contributed by atoms with Crippen LogP contribution in [0.2, 0.25) is 0 Å². The highest BCUT2D eigenvalue weighted by Crippen LogP contribution is 2.30. The molecule has 1 aromatic carbocycles. The fourth-order valence-corrected chi connectivity index (χ4v) is 1.73. The van der Waals surface area contributed by atoms with E-state index < -0.39 is 11.7 Å². The summed E-state index contributed by atoms with van der Waals surface area (Å²) in [7, 11) is 1.67. The molecule has 7 heteroatoms. The predicted molar refractivity (Wildman–Crippen MR) is 64.8 cm³/mol. The molecule has 0 aliphatic heterocycles. The molecule has 0 aliphatic rings. The fraction of sp³-hybridized carbons (Fsp3) is 0.333. The molecule has 19 heavy (non-hydrogen) atoms. The van der Waals surface area contributed by atoms with Crippen LogP contribution in [0.4, 0.5) is 13.2 Å². The Morgan fingerprint density at radius 2 is 2.05 bits per heavy atom. The molecule has 1 N–H and O–H groups in total. The Morgan fingerprint density at radius 1 is 1.37 bits per heavy atom. The molecule has 1 atom stereocenters. The molecular formula is C12H12F3N3O. The number of nitrogens with zero attached hydrogens (tertiary/aromatic N) is 2. The van der Waals surface area contributed by atoms with Crippen molar-refractivity contribution in [1.29, 1.82) is 0 Å². The van der Waals surface area contributed by atoms with E-state index in [1.807, 2.05) is 0 Å². The van der Waals surface area contributed by atoms with Crippen molar-refractivity contribution in [3.05, 3.63) is 40.4 Å². The lowest BCUT2D eigenvalue weighted by atomic mass is 10.1. The van der Waals surface area contributed by atoms with Gasteiger partial charge in [0.25, 0.3) is 5.56 Å². The van der Waals surface area contributed by atoms with Crippen LogP contribution in [0.1, 0.15) is 18.7 Å². The first-order valence-corrected chi connectivity index (χ1v) is 5.60. The quantitative estimate of drug-likeness (QED) is 0.910. The Morgan fingerprint density at radius 3 is 2.63 bits per heavy atom. The fourth-order valence-electron chi connectivity index (χ4n) is 1.73. The van der Waals surface area contributed by atoms with Gasteiger partial charge >= 0.3 is 6.18 Å². The molecule has 0 saturated heterocycles. The molecule has 2 aromatic rings. The molecule has 2 rings (SSSR count). The van der Waals surface area contributed by atoms with Gasteiger partial charge in [-0.15, -0.1) is 0 Å². The number of aromatic nitrogens is 2. The zero-order valence-corrected chi connectivity index (χ0v) is 10.3. The molecule has 0 bridgehead atoms. The highest BCUT2D eigenvalue weighted by atomic mass is 19.4. The van der Waals surface area contributed by atoms with Gasteiger partial charge in [0.1, 0.15) is 0 Å². The first-order chi connectivity index (χ1) is 8.84. The highest BCUT2D eigenvalue weighted by Gasteiger charge is 2.30. The van der Waals surface area contributed by atoms with Gasteiger partial charge in [-0.2, -0.15) is 13.2 Å². The number of hydrogen-bond donors (Lipinski definition) is 1. The molecule has 1 heterocycles. The number of benzene rings is 1. The third-order valence-corrected chi connectivity index (χ3v) is 2.95. The van der Waals surface area contributed by atoms with Crippen LogP contribution in [0.25, 0.3) is 10.9 Å². The lowest BCUT2D eigenvalue weighted by Gasteiger charge is -2.14. The van der Waals surface area contributed by atoms with Gasteiger partial charge in [-0.1, -0.05) is 0 Å². The van der Waals surface area contributed by atoms with E-state index in [9.17, 15) is 18.0 Å². The van der Waals surface area contributed by atoms with E-state index in [4.69, 9.17) is 0 Å². The minimum atomic E-state index is -4.44. The summed E-state index contributed by atoms with van der Waals surface area (Å²) in [6.45, 7) is 1.75. The van der Waals surface area contributed by atoms with Crippen molar-refractivity contribution in [3.63, 3.8) is 0 Å². The Kier molecular flexibility index (Phi) is 3.32. The van der Waals surface area contributed by atoms with E-state index in [-0.39, 0.29) is 22.6 Å². The minimum Gasteiger partial charge on any atom is -0.300 e. The maximum Gasteiger partial charge on any atom is 0.416 e. The molecule has 0 radical (unpaired) electrons. The Labute approximate surface area is 106 Å². The Hall–Kier alpha value is -1.89. The van der Waals surface area contributed by atoms with Crippen LogP contribution in [0, 0.1) is 0 Å². The van der Waals surface area contributed by atoms with Crippen molar-refractivity contribution in [3.8, 4) is 0 Å². The molecule has 0 spiro atoms. The van der Waals surface area contributed by atoms with E-state index in [1.54, 1.807) is 14.0 Å². The number of hydrogen-bond acceptors (Lipinski definition) is 3. The van der Waals surface area contributed by atoms with Crippen LogP contribution in [-0.4, -0.2) is 16.6 Å². The van der Waals surface area contributed by atoms with E-state index >= 15 is 0 Å². The average Bonchev–Trinajstić information content (AvgIpc) is 2.37. The van der Waals surface area contributed by atoms with Gasteiger partial charge in [0.2, 0.25) is 0 Å². The van der Waals surface area contributed by atoms with E-state index in [0.717, 1.165) is 18.2 Å². The van der Waals surface area contributed by atoms with Gasteiger partial charge in [-0.05, 0) is 32.2 Å². The molecule has 102 valence electrons. The lowest BCUT2D eigenvalue weighted by molar-refractivity contribution is -0.137. The van der Waals surface area contributed by atoms with E-state index in [2.05, 4.69) is 10.3 Å². The van der Waals surface area contributed by atoms with Crippen molar-refractivity contribution in [2.75, 3.05) is 7.05 Å². The minimum absolute atomic E-state index is 0.0411. The zero-order valence-electron chi connectivity index (χ0n) is 10.3. The molecule has 0 amide bonds. The molecule has 0 saturated carbocycles. The second kappa shape index (κ2) is 4.65. The van der Waals surface area contributed by atoms with Gasteiger partial charge in [0.05, 0.1) is 29.0 Å². The van der Waals surface area contributed by atoms with Crippen LogP contribution < -0.4 is 10.9 Å². The van der Waals surface area contributed by atoms with Gasteiger partial charge in [-0.25, -0.2) is 4.98 Å². The zero-order chi connectivity index (χ0) is 14.2. The SMILES string of the molecule is CNC(C)n1cnc2cc(C(F)(F)F)ccc2c1=O. The second-order valence-corrected chi connectivity index (χ2v) is 4.15. The van der Waals surface area contributed by atoms with Gasteiger partial charge in [-0.3, -0.25) is 9.36 Å². The van der Waals surface area contributed by atoms with Crippen LogP contribution >= 0.6 is 0 Å². The summed E-state index contributed by atoms with van der Waals surface area (Å²) in [5.41, 5.74) is -1.15. The summed E-state index contributed by atoms with van der Waals surface area (Å²) < 4.78 is 39.0. The van der Waals surface area contributed by atoms with Gasteiger partial charge < -0.3 is 5.32 Å². The number of halogens is 3. The molecular weight excluding hydrogens is 259 g/mol. The van der Waals surface area contributed by atoms with Crippen LogP contribution in [0.15, 0.2) is 29.3 Å². The second-order valence-electron chi connectivity index (χ2n) is 4.15. The van der Waals surface area contributed by atoms with Crippen molar-refractivity contribution in [2.24, 2.45) is 0 Å². The van der Waals surface area contributed by atoms with E-state index in [1.165, 1.54) is 10.9 Å². The molecule has 4 nitrogen and oxygen atoms in total. The summed E-state index contributed by atoms with van der Waals surface area (Å²) in [6, 6.07) is 2.93. The maximum absolute atomic E-state index is 12.6. The van der Waals surface area contributed by atoms with Gasteiger partial charge in [0.15, 0.2) is 0 Å². The van der Waals surface area contributed by atoms with Crippen LogP contribution in [-0.2, 0) is 6.18 Å². The number of fused-ring (bicyclic) bond motifs is 1. The highest BCUT2D eigenvalue weighted by molar-refractivity contribution is 5.78.